The lowest BCUT2D eigenvalue weighted by Crippen LogP contribution is -2.39. The van der Waals surface area contributed by atoms with E-state index >= 15 is 0 Å². The molecule has 0 aromatic heterocycles. The van der Waals surface area contributed by atoms with E-state index in [1.807, 2.05) is 54.6 Å². The van der Waals surface area contributed by atoms with E-state index < -0.39 is 10.0 Å². The third kappa shape index (κ3) is 6.07. The van der Waals surface area contributed by atoms with Crippen molar-refractivity contribution in [3.05, 3.63) is 70.2 Å². The highest BCUT2D eigenvalue weighted by atomic mass is 79.9. The van der Waals surface area contributed by atoms with Crippen molar-refractivity contribution in [3.63, 3.8) is 0 Å². The topological polar surface area (TPSA) is 66.5 Å². The van der Waals surface area contributed by atoms with Gasteiger partial charge in [0.1, 0.15) is 0 Å². The van der Waals surface area contributed by atoms with Gasteiger partial charge in [0.25, 0.3) is 0 Å². The molecule has 0 aliphatic carbocycles. The molecule has 128 valence electrons. The number of hydrogen-bond acceptors (Lipinski definition) is 3. The minimum absolute atomic E-state index is 0.158. The zero-order valence-electron chi connectivity index (χ0n) is 13.3. The zero-order valence-corrected chi connectivity index (χ0v) is 15.7. The molecule has 0 unspecified atom stereocenters. The Bertz CT molecular complexity index is 777. The molecule has 7 heteroatoms. The number of nitrogens with zero attached hydrogens (tertiary/aromatic N) is 1. The molecule has 0 heterocycles. The maximum atomic E-state index is 12.1. The summed E-state index contributed by atoms with van der Waals surface area (Å²) in [5, 5.41) is 2.74. The summed E-state index contributed by atoms with van der Waals surface area (Å²) in [5.74, 6) is -0.332. The van der Waals surface area contributed by atoms with Gasteiger partial charge in [0.15, 0.2) is 0 Å². The molecule has 2 aromatic rings. The van der Waals surface area contributed by atoms with Gasteiger partial charge in [-0.05, 0) is 23.3 Å². The molecule has 2 aromatic carbocycles. The lowest BCUT2D eigenvalue weighted by molar-refractivity contribution is -0.121. The minimum atomic E-state index is -3.49. The van der Waals surface area contributed by atoms with Crippen molar-refractivity contribution >= 4 is 31.9 Å². The average molecular weight is 411 g/mol. The minimum Gasteiger partial charge on any atom is -0.351 e. The van der Waals surface area contributed by atoms with E-state index in [-0.39, 0.29) is 19.0 Å². The van der Waals surface area contributed by atoms with E-state index in [9.17, 15) is 13.2 Å². The van der Waals surface area contributed by atoms with E-state index in [1.165, 1.54) is 0 Å². The molecule has 1 amide bonds. The second-order valence-electron chi connectivity index (χ2n) is 5.42. The normalized spacial score (nSPS) is 11.5. The van der Waals surface area contributed by atoms with Gasteiger partial charge < -0.3 is 5.32 Å². The van der Waals surface area contributed by atoms with Crippen LogP contribution in [-0.4, -0.2) is 31.4 Å². The van der Waals surface area contributed by atoms with E-state index in [2.05, 4.69) is 21.2 Å². The highest BCUT2D eigenvalue weighted by Gasteiger charge is 2.20. The molecule has 0 atom stereocenters. The van der Waals surface area contributed by atoms with Crippen molar-refractivity contribution < 1.29 is 13.2 Å². The molecule has 0 aliphatic rings. The Morgan fingerprint density at radius 2 is 1.67 bits per heavy atom. The largest absolute Gasteiger partial charge is 0.351 e. The summed E-state index contributed by atoms with van der Waals surface area (Å²) < 4.78 is 26.0. The van der Waals surface area contributed by atoms with Gasteiger partial charge in [-0.3, -0.25) is 4.79 Å². The first kappa shape index (κ1) is 18.6. The SMILES string of the molecule is CS(=O)(=O)N(CC(=O)NCc1ccccc1)Cc1ccc(Br)cc1. The fourth-order valence-electron chi connectivity index (χ4n) is 2.10. The van der Waals surface area contributed by atoms with Crippen LogP contribution >= 0.6 is 15.9 Å². The second-order valence-corrected chi connectivity index (χ2v) is 8.32. The summed E-state index contributed by atoms with van der Waals surface area (Å²) in [6, 6.07) is 16.8. The third-order valence-electron chi connectivity index (χ3n) is 3.39. The molecule has 0 saturated heterocycles. The summed E-state index contributed by atoms with van der Waals surface area (Å²) in [4.78, 5) is 12.1. The Morgan fingerprint density at radius 3 is 2.25 bits per heavy atom. The predicted octanol–water partition coefficient (Wildman–Crippen LogP) is 2.53. The molecular formula is C17H19BrN2O3S. The average Bonchev–Trinajstić information content (AvgIpc) is 2.54. The van der Waals surface area contributed by atoms with Crippen molar-refractivity contribution in [3.8, 4) is 0 Å². The van der Waals surface area contributed by atoms with Crippen LogP contribution in [0.3, 0.4) is 0 Å². The van der Waals surface area contributed by atoms with Crippen molar-refractivity contribution in [2.75, 3.05) is 12.8 Å². The number of sulfonamides is 1. The van der Waals surface area contributed by atoms with Gasteiger partial charge in [-0.15, -0.1) is 0 Å². The van der Waals surface area contributed by atoms with Crippen LogP contribution in [0.15, 0.2) is 59.1 Å². The summed E-state index contributed by atoms with van der Waals surface area (Å²) >= 11 is 3.34. The summed E-state index contributed by atoms with van der Waals surface area (Å²) in [6.07, 6.45) is 1.11. The number of benzene rings is 2. The summed E-state index contributed by atoms with van der Waals surface area (Å²) in [7, 11) is -3.49. The number of carbonyl (C=O) groups excluding carboxylic acids is 1. The van der Waals surface area contributed by atoms with Gasteiger partial charge in [0, 0.05) is 17.6 Å². The van der Waals surface area contributed by atoms with Crippen LogP contribution < -0.4 is 5.32 Å². The fourth-order valence-corrected chi connectivity index (χ4v) is 3.10. The first-order valence-corrected chi connectivity index (χ1v) is 9.99. The van der Waals surface area contributed by atoms with Crippen molar-refractivity contribution in [2.45, 2.75) is 13.1 Å². The van der Waals surface area contributed by atoms with Crippen LogP contribution in [-0.2, 0) is 27.9 Å². The van der Waals surface area contributed by atoms with Crippen LogP contribution in [0, 0.1) is 0 Å². The molecule has 0 radical (unpaired) electrons. The van der Waals surface area contributed by atoms with E-state index in [0.29, 0.717) is 6.54 Å². The molecule has 2 rings (SSSR count). The Balaban J connectivity index is 1.98. The Kier molecular flexibility index (Phi) is 6.53. The molecule has 5 nitrogen and oxygen atoms in total. The van der Waals surface area contributed by atoms with Gasteiger partial charge >= 0.3 is 0 Å². The maximum Gasteiger partial charge on any atom is 0.235 e. The highest BCUT2D eigenvalue weighted by molar-refractivity contribution is 9.10. The standard InChI is InChI=1S/C17H19BrN2O3S/c1-24(22,23)20(12-15-7-9-16(18)10-8-15)13-17(21)19-11-14-5-3-2-4-6-14/h2-10H,11-13H2,1H3,(H,19,21). The monoisotopic (exact) mass is 410 g/mol. The van der Waals surface area contributed by atoms with Gasteiger partial charge in [-0.1, -0.05) is 58.4 Å². The molecule has 0 aliphatic heterocycles. The Morgan fingerprint density at radius 1 is 1.04 bits per heavy atom. The Hall–Kier alpha value is -1.70. The van der Waals surface area contributed by atoms with Crippen LogP contribution in [0.25, 0.3) is 0 Å². The van der Waals surface area contributed by atoms with E-state index in [4.69, 9.17) is 0 Å². The number of hydrogen-bond donors (Lipinski definition) is 1. The van der Waals surface area contributed by atoms with Gasteiger partial charge in [-0.25, -0.2) is 8.42 Å². The highest BCUT2D eigenvalue weighted by Crippen LogP contribution is 2.13. The lowest BCUT2D eigenvalue weighted by Gasteiger charge is -2.19. The number of halogens is 1. The van der Waals surface area contributed by atoms with Gasteiger partial charge in [0.05, 0.1) is 12.8 Å². The van der Waals surface area contributed by atoms with E-state index in [0.717, 1.165) is 26.2 Å². The molecular weight excluding hydrogens is 392 g/mol. The maximum absolute atomic E-state index is 12.1. The smallest absolute Gasteiger partial charge is 0.235 e. The lowest BCUT2D eigenvalue weighted by atomic mass is 10.2. The third-order valence-corrected chi connectivity index (χ3v) is 5.12. The number of rotatable bonds is 7. The van der Waals surface area contributed by atoms with Crippen molar-refractivity contribution in [1.29, 1.82) is 0 Å². The second kappa shape index (κ2) is 8.41. The summed E-state index contributed by atoms with van der Waals surface area (Å²) in [5.41, 5.74) is 1.78. The van der Waals surface area contributed by atoms with Crippen molar-refractivity contribution in [2.24, 2.45) is 0 Å². The summed E-state index contributed by atoms with van der Waals surface area (Å²) in [6.45, 7) is 0.322. The van der Waals surface area contributed by atoms with Gasteiger partial charge in [0.2, 0.25) is 15.9 Å². The molecule has 24 heavy (non-hydrogen) atoms. The first-order valence-electron chi connectivity index (χ1n) is 7.35. The molecule has 0 spiro atoms. The Labute approximate surface area is 150 Å². The van der Waals surface area contributed by atoms with E-state index in [1.54, 1.807) is 0 Å². The van der Waals surface area contributed by atoms with Crippen LogP contribution in [0.4, 0.5) is 0 Å². The molecule has 0 fully saturated rings. The number of amides is 1. The number of carbonyl (C=O) groups is 1. The molecule has 0 saturated carbocycles. The van der Waals surface area contributed by atoms with Gasteiger partial charge in [-0.2, -0.15) is 4.31 Å². The van der Waals surface area contributed by atoms with Crippen LogP contribution in [0.1, 0.15) is 11.1 Å². The van der Waals surface area contributed by atoms with Crippen LogP contribution in [0.2, 0.25) is 0 Å². The fraction of sp³-hybridized carbons (Fsp3) is 0.235. The quantitative estimate of drug-likeness (QED) is 0.762. The predicted molar refractivity (Wildman–Crippen MR) is 97.7 cm³/mol. The number of nitrogens with one attached hydrogen (secondary N) is 1. The van der Waals surface area contributed by atoms with Crippen molar-refractivity contribution in [1.82, 2.24) is 9.62 Å². The molecule has 1 N–H and O–H groups in total. The zero-order chi connectivity index (χ0) is 17.6. The van der Waals surface area contributed by atoms with Crippen LogP contribution in [0.5, 0.6) is 0 Å². The molecule has 0 bridgehead atoms. The first-order chi connectivity index (χ1) is 11.3.